The van der Waals surface area contributed by atoms with Crippen molar-refractivity contribution in [2.45, 2.75) is 64.7 Å². The summed E-state index contributed by atoms with van der Waals surface area (Å²) in [4.78, 5) is 5.35. The lowest BCUT2D eigenvalue weighted by atomic mass is 10.1. The molecule has 0 bridgehead atoms. The van der Waals surface area contributed by atoms with Crippen LogP contribution in [0.1, 0.15) is 64.7 Å². The number of nitrogens with two attached hydrogens (primary N) is 1. The molecule has 0 aliphatic carbocycles. The van der Waals surface area contributed by atoms with Gasteiger partial charge < -0.3 is 15.5 Å². The lowest BCUT2D eigenvalue weighted by molar-refractivity contribution is 0.250. The highest BCUT2D eigenvalue weighted by Crippen LogP contribution is 2.08. The number of hydrogen-bond donors (Lipinski definition) is 1. The van der Waals surface area contributed by atoms with Gasteiger partial charge in [0.05, 0.1) is 0 Å². The van der Waals surface area contributed by atoms with Crippen molar-refractivity contribution in [1.29, 1.82) is 0 Å². The second kappa shape index (κ2) is 12.6. The van der Waals surface area contributed by atoms with E-state index in [1.807, 2.05) is 0 Å². The Bertz CT molecular complexity index is 208. The van der Waals surface area contributed by atoms with E-state index >= 15 is 0 Å². The zero-order valence-electron chi connectivity index (χ0n) is 13.8. The maximum atomic E-state index is 5.55. The van der Waals surface area contributed by atoms with Crippen LogP contribution in [-0.2, 0) is 0 Å². The molecular formula is C17H37N3. The first-order valence-corrected chi connectivity index (χ1v) is 9.01. The van der Waals surface area contributed by atoms with E-state index in [2.05, 4.69) is 16.7 Å². The Labute approximate surface area is 126 Å². The van der Waals surface area contributed by atoms with Crippen molar-refractivity contribution in [2.24, 2.45) is 5.73 Å². The first-order valence-electron chi connectivity index (χ1n) is 9.01. The molecule has 0 atom stereocenters. The Balaban J connectivity index is 2.03. The van der Waals surface area contributed by atoms with Crippen LogP contribution in [0.2, 0.25) is 0 Å². The van der Waals surface area contributed by atoms with Crippen LogP contribution in [0.25, 0.3) is 0 Å². The first-order chi connectivity index (χ1) is 9.86. The van der Waals surface area contributed by atoms with Gasteiger partial charge in [0.1, 0.15) is 0 Å². The predicted molar refractivity (Wildman–Crippen MR) is 89.2 cm³/mol. The molecule has 3 heteroatoms. The molecule has 0 saturated carbocycles. The highest BCUT2D eigenvalue weighted by Gasteiger charge is 2.13. The summed E-state index contributed by atoms with van der Waals surface area (Å²) >= 11 is 0. The Kier molecular flexibility index (Phi) is 11.3. The van der Waals surface area contributed by atoms with Crippen LogP contribution in [-0.4, -0.2) is 55.6 Å². The fraction of sp³-hybridized carbons (Fsp3) is 1.00. The molecule has 120 valence electrons. The van der Waals surface area contributed by atoms with E-state index in [9.17, 15) is 0 Å². The van der Waals surface area contributed by atoms with Crippen LogP contribution in [0.15, 0.2) is 0 Å². The Morgan fingerprint density at radius 2 is 1.25 bits per heavy atom. The fourth-order valence-corrected chi connectivity index (χ4v) is 3.07. The van der Waals surface area contributed by atoms with Crippen molar-refractivity contribution >= 4 is 0 Å². The van der Waals surface area contributed by atoms with Gasteiger partial charge in [-0.15, -0.1) is 0 Å². The van der Waals surface area contributed by atoms with Gasteiger partial charge in [0, 0.05) is 13.1 Å². The molecule has 0 aromatic heterocycles. The Hall–Kier alpha value is -0.120. The maximum absolute atomic E-state index is 5.55. The van der Waals surface area contributed by atoms with Crippen LogP contribution in [0.4, 0.5) is 0 Å². The number of hydrogen-bond acceptors (Lipinski definition) is 3. The topological polar surface area (TPSA) is 32.5 Å². The van der Waals surface area contributed by atoms with Gasteiger partial charge in [-0.25, -0.2) is 0 Å². The molecule has 1 rings (SSSR count). The standard InChI is InChI=1S/C17H37N3/c1-2-3-4-5-8-12-19-14-10-15-20(17-16-19)13-9-6-7-11-18/h2-18H2,1H3. The predicted octanol–water partition coefficient (Wildman–Crippen LogP) is 3.09. The van der Waals surface area contributed by atoms with Gasteiger partial charge in [0.25, 0.3) is 0 Å². The molecule has 0 aromatic rings. The summed E-state index contributed by atoms with van der Waals surface area (Å²) in [5.41, 5.74) is 5.55. The largest absolute Gasteiger partial charge is 0.330 e. The minimum atomic E-state index is 0.853. The van der Waals surface area contributed by atoms with Gasteiger partial charge in [0.15, 0.2) is 0 Å². The second-order valence-corrected chi connectivity index (χ2v) is 6.30. The van der Waals surface area contributed by atoms with E-state index in [-0.39, 0.29) is 0 Å². The third kappa shape index (κ3) is 8.93. The number of unbranched alkanes of at least 4 members (excludes halogenated alkanes) is 6. The average Bonchev–Trinajstić information content (AvgIpc) is 2.69. The molecule has 3 nitrogen and oxygen atoms in total. The highest BCUT2D eigenvalue weighted by atomic mass is 15.2. The SMILES string of the molecule is CCCCCCCN1CCCN(CCCCCN)CC1. The minimum Gasteiger partial charge on any atom is -0.330 e. The summed E-state index contributed by atoms with van der Waals surface area (Å²) in [5.74, 6) is 0. The third-order valence-electron chi connectivity index (χ3n) is 4.44. The van der Waals surface area contributed by atoms with Crippen molar-refractivity contribution in [1.82, 2.24) is 9.80 Å². The maximum Gasteiger partial charge on any atom is 0.0109 e. The average molecular weight is 284 g/mol. The summed E-state index contributed by atoms with van der Waals surface area (Å²) in [5, 5.41) is 0. The number of nitrogens with zero attached hydrogens (tertiary/aromatic N) is 2. The zero-order valence-corrected chi connectivity index (χ0v) is 13.8. The van der Waals surface area contributed by atoms with Gasteiger partial charge >= 0.3 is 0 Å². The van der Waals surface area contributed by atoms with Crippen LogP contribution < -0.4 is 5.73 Å². The first kappa shape index (κ1) is 17.9. The molecule has 0 unspecified atom stereocenters. The monoisotopic (exact) mass is 283 g/mol. The van der Waals surface area contributed by atoms with Crippen molar-refractivity contribution in [3.63, 3.8) is 0 Å². The number of rotatable bonds is 11. The van der Waals surface area contributed by atoms with Gasteiger partial charge in [-0.1, -0.05) is 39.0 Å². The molecule has 0 amide bonds. The molecular weight excluding hydrogens is 246 g/mol. The summed E-state index contributed by atoms with van der Waals surface area (Å²) < 4.78 is 0. The molecule has 0 radical (unpaired) electrons. The molecule has 1 aliphatic heterocycles. The highest BCUT2D eigenvalue weighted by molar-refractivity contribution is 4.69. The van der Waals surface area contributed by atoms with Gasteiger partial charge in [0.2, 0.25) is 0 Å². The second-order valence-electron chi connectivity index (χ2n) is 6.30. The van der Waals surface area contributed by atoms with Crippen LogP contribution in [0.5, 0.6) is 0 Å². The lowest BCUT2D eigenvalue weighted by Crippen LogP contribution is -2.32. The fourth-order valence-electron chi connectivity index (χ4n) is 3.07. The Morgan fingerprint density at radius 1 is 0.700 bits per heavy atom. The van der Waals surface area contributed by atoms with E-state index in [0.29, 0.717) is 0 Å². The Morgan fingerprint density at radius 3 is 1.80 bits per heavy atom. The molecule has 0 aromatic carbocycles. The van der Waals surface area contributed by atoms with Crippen molar-refractivity contribution in [3.8, 4) is 0 Å². The van der Waals surface area contributed by atoms with Crippen molar-refractivity contribution in [2.75, 3.05) is 45.8 Å². The summed E-state index contributed by atoms with van der Waals surface area (Å²) in [6.07, 6.45) is 12.2. The normalized spacial score (nSPS) is 18.3. The molecule has 20 heavy (non-hydrogen) atoms. The van der Waals surface area contributed by atoms with E-state index in [1.54, 1.807) is 0 Å². The van der Waals surface area contributed by atoms with E-state index in [1.165, 1.54) is 97.1 Å². The van der Waals surface area contributed by atoms with E-state index in [4.69, 9.17) is 5.73 Å². The van der Waals surface area contributed by atoms with Gasteiger partial charge in [-0.3, -0.25) is 0 Å². The van der Waals surface area contributed by atoms with Crippen molar-refractivity contribution < 1.29 is 0 Å². The molecule has 1 fully saturated rings. The minimum absolute atomic E-state index is 0.853. The van der Waals surface area contributed by atoms with E-state index < -0.39 is 0 Å². The van der Waals surface area contributed by atoms with Crippen LogP contribution >= 0.6 is 0 Å². The molecule has 1 heterocycles. The van der Waals surface area contributed by atoms with Gasteiger partial charge in [-0.05, 0) is 58.4 Å². The van der Waals surface area contributed by atoms with E-state index in [0.717, 1.165) is 6.54 Å². The summed E-state index contributed by atoms with van der Waals surface area (Å²) in [7, 11) is 0. The zero-order chi connectivity index (χ0) is 14.5. The quantitative estimate of drug-likeness (QED) is 0.591. The third-order valence-corrected chi connectivity index (χ3v) is 4.44. The van der Waals surface area contributed by atoms with Crippen molar-refractivity contribution in [3.05, 3.63) is 0 Å². The summed E-state index contributed by atoms with van der Waals surface area (Å²) in [6.45, 7) is 10.9. The lowest BCUT2D eigenvalue weighted by Gasteiger charge is -2.21. The van der Waals surface area contributed by atoms with Crippen LogP contribution in [0.3, 0.4) is 0 Å². The summed E-state index contributed by atoms with van der Waals surface area (Å²) in [6, 6.07) is 0. The molecule has 0 spiro atoms. The molecule has 2 N–H and O–H groups in total. The molecule has 1 aliphatic rings. The smallest absolute Gasteiger partial charge is 0.0109 e. The van der Waals surface area contributed by atoms with Crippen LogP contribution in [0, 0.1) is 0 Å². The van der Waals surface area contributed by atoms with Gasteiger partial charge in [-0.2, -0.15) is 0 Å². The molecule has 1 saturated heterocycles.